The average Bonchev–Trinajstić information content (AvgIpc) is 3.62. The van der Waals surface area contributed by atoms with Crippen LogP contribution in [-0.4, -0.2) is 0 Å². The van der Waals surface area contributed by atoms with E-state index >= 15 is 0 Å². The predicted molar refractivity (Wildman–Crippen MR) is 201 cm³/mol. The zero-order valence-corrected chi connectivity index (χ0v) is 27.1. The van der Waals surface area contributed by atoms with Crippen LogP contribution in [0.15, 0.2) is 150 Å². The Morgan fingerprint density at radius 3 is 2.23 bits per heavy atom. The van der Waals surface area contributed by atoms with Crippen molar-refractivity contribution in [1.82, 2.24) is 5.32 Å². The maximum absolute atomic E-state index is 6.88. The molecule has 9 rings (SSSR count). The molecule has 1 aliphatic carbocycles. The topological polar surface area (TPSA) is 51.2 Å². The van der Waals surface area contributed by atoms with Crippen molar-refractivity contribution in [2.24, 2.45) is 5.73 Å². The number of benzene rings is 7. The van der Waals surface area contributed by atoms with Gasteiger partial charge >= 0.3 is 0 Å². The summed E-state index contributed by atoms with van der Waals surface area (Å²) in [4.78, 5) is 0. The van der Waals surface area contributed by atoms with Gasteiger partial charge in [-0.2, -0.15) is 0 Å². The largest absolute Gasteiger partial charge is 0.455 e. The molecule has 1 heterocycles. The summed E-state index contributed by atoms with van der Waals surface area (Å²) in [7, 11) is 0. The van der Waals surface area contributed by atoms with Gasteiger partial charge in [-0.1, -0.05) is 141 Å². The first-order valence-corrected chi connectivity index (χ1v) is 16.7. The van der Waals surface area contributed by atoms with Gasteiger partial charge in [0.25, 0.3) is 0 Å². The van der Waals surface area contributed by atoms with Crippen molar-refractivity contribution in [2.75, 3.05) is 0 Å². The summed E-state index contributed by atoms with van der Waals surface area (Å²) in [6.07, 6.45) is 4.19. The molecule has 0 spiro atoms. The number of hydrogen-bond donors (Lipinski definition) is 2. The Morgan fingerprint density at radius 2 is 1.40 bits per heavy atom. The molecule has 1 aliphatic rings. The van der Waals surface area contributed by atoms with Gasteiger partial charge in [0, 0.05) is 21.6 Å². The molecule has 48 heavy (non-hydrogen) atoms. The van der Waals surface area contributed by atoms with E-state index in [4.69, 9.17) is 10.2 Å². The molecule has 0 aliphatic heterocycles. The second kappa shape index (κ2) is 11.1. The highest BCUT2D eigenvalue weighted by atomic mass is 16.3. The molecular formula is C45H36N2O. The van der Waals surface area contributed by atoms with Crippen molar-refractivity contribution in [3.05, 3.63) is 173 Å². The van der Waals surface area contributed by atoms with Crippen molar-refractivity contribution in [3.8, 4) is 11.1 Å². The quantitative estimate of drug-likeness (QED) is 0.182. The van der Waals surface area contributed by atoms with E-state index in [0.29, 0.717) is 0 Å². The van der Waals surface area contributed by atoms with Crippen LogP contribution in [0.5, 0.6) is 0 Å². The smallest absolute Gasteiger partial charge is 0.143 e. The first-order chi connectivity index (χ1) is 23.5. The zero-order chi connectivity index (χ0) is 32.4. The summed E-state index contributed by atoms with van der Waals surface area (Å²) in [5.74, 6) is 0. The van der Waals surface area contributed by atoms with Crippen LogP contribution in [0, 0.1) is 0 Å². The summed E-state index contributed by atoms with van der Waals surface area (Å²) >= 11 is 0. The average molecular weight is 621 g/mol. The fourth-order valence-electron chi connectivity index (χ4n) is 7.88. The summed E-state index contributed by atoms with van der Waals surface area (Å²) in [6, 6.07) is 49.4. The molecule has 3 nitrogen and oxygen atoms in total. The highest BCUT2D eigenvalue weighted by Crippen LogP contribution is 2.51. The summed E-state index contributed by atoms with van der Waals surface area (Å²) in [6.45, 7) is 4.69. The molecule has 3 N–H and O–H groups in total. The Bertz CT molecular complexity index is 2540. The van der Waals surface area contributed by atoms with Crippen LogP contribution < -0.4 is 11.1 Å². The predicted octanol–water partition coefficient (Wildman–Crippen LogP) is 11.2. The van der Waals surface area contributed by atoms with Gasteiger partial charge < -0.3 is 10.2 Å². The Labute approximate surface area is 280 Å². The van der Waals surface area contributed by atoms with E-state index in [0.717, 1.165) is 38.5 Å². The molecule has 0 saturated heterocycles. The van der Waals surface area contributed by atoms with Crippen LogP contribution >= 0.6 is 0 Å². The van der Waals surface area contributed by atoms with Gasteiger partial charge in [0.05, 0.1) is 12.2 Å². The normalized spacial score (nSPS) is 15.0. The first-order valence-electron chi connectivity index (χ1n) is 16.7. The Hall–Kier alpha value is -5.48. The number of fused-ring (bicyclic) bond motifs is 9. The third kappa shape index (κ3) is 4.51. The standard InChI is InChI=1S/C45H36N2O/c1-45(2)37-20-10-17-29(41(37)36-26-31-15-6-7-16-32(31)27-38(36)45)23-25-39(47-44(46)30-13-4-3-5-14-30)34-19-11-21-40-42(34)35-24-22-28-12-8-9-18-33(28)43(35)48-40/h3-27,39,44,47H,46H2,1-2H3/b25-23+. The van der Waals surface area contributed by atoms with Crippen LogP contribution in [0.4, 0.5) is 0 Å². The van der Waals surface area contributed by atoms with Gasteiger partial charge in [-0.3, -0.25) is 5.32 Å². The Morgan fingerprint density at radius 1 is 0.667 bits per heavy atom. The van der Waals surface area contributed by atoms with Gasteiger partial charge in [-0.05, 0) is 79.4 Å². The number of nitrogens with two attached hydrogens (primary N) is 1. The zero-order valence-electron chi connectivity index (χ0n) is 27.1. The van der Waals surface area contributed by atoms with E-state index in [2.05, 4.69) is 153 Å². The summed E-state index contributed by atoms with van der Waals surface area (Å²) in [5.41, 5.74) is 17.3. The fourth-order valence-corrected chi connectivity index (χ4v) is 7.88. The molecule has 0 amide bonds. The van der Waals surface area contributed by atoms with Crippen molar-refractivity contribution in [3.63, 3.8) is 0 Å². The SMILES string of the molecule is CC1(C)c2cc3ccccc3cc2-c2c(/C=C/C(NC(N)c3ccccc3)c3cccc4oc5c6ccccc6ccc5c34)cccc21. The van der Waals surface area contributed by atoms with Crippen molar-refractivity contribution >= 4 is 49.6 Å². The van der Waals surface area contributed by atoms with Gasteiger partial charge in [0.1, 0.15) is 11.2 Å². The Kier molecular flexibility index (Phi) is 6.62. The van der Waals surface area contributed by atoms with Crippen molar-refractivity contribution in [1.29, 1.82) is 0 Å². The molecule has 3 heteroatoms. The first kappa shape index (κ1) is 28.7. The highest BCUT2D eigenvalue weighted by molar-refractivity contribution is 6.16. The minimum Gasteiger partial charge on any atom is -0.455 e. The molecule has 0 saturated carbocycles. The van der Waals surface area contributed by atoms with E-state index in [1.165, 1.54) is 44.0 Å². The molecule has 2 unspecified atom stereocenters. The van der Waals surface area contributed by atoms with Crippen LogP contribution in [0.3, 0.4) is 0 Å². The molecule has 1 aromatic heterocycles. The minimum atomic E-state index is -0.373. The van der Waals surface area contributed by atoms with E-state index in [9.17, 15) is 0 Å². The molecule has 0 fully saturated rings. The second-order valence-corrected chi connectivity index (χ2v) is 13.5. The fraction of sp³-hybridized carbons (Fsp3) is 0.111. The van der Waals surface area contributed by atoms with E-state index < -0.39 is 0 Å². The lowest BCUT2D eigenvalue weighted by Gasteiger charge is -2.23. The van der Waals surface area contributed by atoms with Crippen LogP contribution in [-0.2, 0) is 5.41 Å². The lowest BCUT2D eigenvalue weighted by Crippen LogP contribution is -2.31. The third-order valence-corrected chi connectivity index (χ3v) is 10.3. The van der Waals surface area contributed by atoms with Gasteiger partial charge in [0.15, 0.2) is 0 Å². The summed E-state index contributed by atoms with van der Waals surface area (Å²) < 4.78 is 6.58. The number of nitrogens with one attached hydrogen (secondary N) is 1. The van der Waals surface area contributed by atoms with Crippen molar-refractivity contribution < 1.29 is 4.42 Å². The molecule has 232 valence electrons. The van der Waals surface area contributed by atoms with E-state index in [-0.39, 0.29) is 17.6 Å². The van der Waals surface area contributed by atoms with Crippen LogP contribution in [0.2, 0.25) is 0 Å². The van der Waals surface area contributed by atoms with Crippen LogP contribution in [0.25, 0.3) is 60.7 Å². The lowest BCUT2D eigenvalue weighted by atomic mass is 9.81. The monoisotopic (exact) mass is 620 g/mol. The number of furan rings is 1. The molecule has 2 atom stereocenters. The minimum absolute atomic E-state index is 0.101. The van der Waals surface area contributed by atoms with Gasteiger partial charge in [0.2, 0.25) is 0 Å². The van der Waals surface area contributed by atoms with Crippen LogP contribution in [0.1, 0.15) is 53.9 Å². The van der Waals surface area contributed by atoms with E-state index in [1.54, 1.807) is 0 Å². The number of hydrogen-bond acceptors (Lipinski definition) is 3. The highest BCUT2D eigenvalue weighted by Gasteiger charge is 2.36. The summed E-state index contributed by atoms with van der Waals surface area (Å²) in [5, 5.41) is 10.8. The maximum atomic E-state index is 6.88. The lowest BCUT2D eigenvalue weighted by molar-refractivity contribution is 0.511. The molecule has 7 aromatic carbocycles. The van der Waals surface area contributed by atoms with E-state index in [1.807, 2.05) is 18.2 Å². The number of rotatable bonds is 6. The molecule has 0 radical (unpaired) electrons. The third-order valence-electron chi connectivity index (χ3n) is 10.3. The molecule has 0 bridgehead atoms. The second-order valence-electron chi connectivity index (χ2n) is 13.5. The molecular weight excluding hydrogens is 585 g/mol. The van der Waals surface area contributed by atoms with Gasteiger partial charge in [-0.25, -0.2) is 0 Å². The Balaban J connectivity index is 1.22. The van der Waals surface area contributed by atoms with Crippen molar-refractivity contribution in [2.45, 2.75) is 31.5 Å². The van der Waals surface area contributed by atoms with Gasteiger partial charge in [-0.15, -0.1) is 0 Å². The maximum Gasteiger partial charge on any atom is 0.143 e. The molecule has 8 aromatic rings.